The molecule has 1 aromatic heterocycles. The summed E-state index contributed by atoms with van der Waals surface area (Å²) in [5, 5.41) is 9.80. The van der Waals surface area contributed by atoms with Crippen LogP contribution in [-0.2, 0) is 18.0 Å². The number of pyridine rings is 1. The van der Waals surface area contributed by atoms with E-state index in [4.69, 9.17) is 10.00 Å². The Labute approximate surface area is 127 Å². The molecule has 0 unspecified atom stereocenters. The van der Waals surface area contributed by atoms with Crippen LogP contribution in [0.25, 0.3) is 10.9 Å². The standard InChI is InChI=1S/C18H13FN2O/c19-17-7-3-6-16-15(8-9-21-18(16)17)12-22-11-14-5-2-1-4-13(14)10-20/h1-9H,11-12H2. The van der Waals surface area contributed by atoms with Gasteiger partial charge < -0.3 is 4.74 Å². The molecule has 22 heavy (non-hydrogen) atoms. The van der Waals surface area contributed by atoms with Crippen LogP contribution in [0.15, 0.2) is 54.7 Å². The third kappa shape index (κ3) is 2.80. The van der Waals surface area contributed by atoms with Crippen LogP contribution in [0, 0.1) is 17.1 Å². The number of nitrogens with zero attached hydrogens (tertiary/aromatic N) is 2. The third-order valence-corrected chi connectivity index (χ3v) is 3.47. The second-order valence-corrected chi connectivity index (χ2v) is 4.87. The Morgan fingerprint density at radius 3 is 2.68 bits per heavy atom. The molecule has 3 rings (SSSR count). The smallest absolute Gasteiger partial charge is 0.149 e. The zero-order valence-corrected chi connectivity index (χ0v) is 11.8. The van der Waals surface area contributed by atoms with Gasteiger partial charge in [0, 0.05) is 11.6 Å². The Kier molecular flexibility index (Phi) is 4.08. The number of benzene rings is 2. The van der Waals surface area contributed by atoms with E-state index in [1.54, 1.807) is 18.3 Å². The molecule has 0 aliphatic heterocycles. The van der Waals surface area contributed by atoms with E-state index in [1.165, 1.54) is 6.07 Å². The Morgan fingerprint density at radius 1 is 1.00 bits per heavy atom. The number of para-hydroxylation sites is 1. The SMILES string of the molecule is N#Cc1ccccc1COCc1ccnc2c(F)cccc12. The number of nitriles is 1. The summed E-state index contributed by atoms with van der Waals surface area (Å²) in [7, 11) is 0. The van der Waals surface area contributed by atoms with Crippen LogP contribution < -0.4 is 0 Å². The van der Waals surface area contributed by atoms with Crippen molar-refractivity contribution in [1.82, 2.24) is 4.98 Å². The maximum atomic E-state index is 13.7. The molecule has 1 heterocycles. The number of halogens is 1. The molecule has 0 saturated heterocycles. The van der Waals surface area contributed by atoms with E-state index in [0.717, 1.165) is 16.5 Å². The van der Waals surface area contributed by atoms with E-state index < -0.39 is 0 Å². The number of ether oxygens (including phenoxy) is 1. The van der Waals surface area contributed by atoms with Gasteiger partial charge in [-0.1, -0.05) is 30.3 Å². The van der Waals surface area contributed by atoms with E-state index in [9.17, 15) is 4.39 Å². The summed E-state index contributed by atoms with van der Waals surface area (Å²) in [5.74, 6) is -0.339. The number of hydrogen-bond donors (Lipinski definition) is 0. The molecule has 0 aliphatic carbocycles. The van der Waals surface area contributed by atoms with Gasteiger partial charge in [-0.15, -0.1) is 0 Å². The van der Waals surface area contributed by atoms with Crippen LogP contribution in [0.3, 0.4) is 0 Å². The maximum Gasteiger partial charge on any atom is 0.149 e. The molecule has 0 atom stereocenters. The van der Waals surface area contributed by atoms with Crippen molar-refractivity contribution in [2.45, 2.75) is 13.2 Å². The van der Waals surface area contributed by atoms with Crippen LogP contribution in [0.4, 0.5) is 4.39 Å². The molecular formula is C18H13FN2O. The Bertz CT molecular complexity index is 855. The Morgan fingerprint density at radius 2 is 1.82 bits per heavy atom. The number of aromatic nitrogens is 1. The summed E-state index contributed by atoms with van der Waals surface area (Å²) in [5.41, 5.74) is 2.67. The van der Waals surface area contributed by atoms with Gasteiger partial charge in [-0.3, -0.25) is 4.98 Å². The molecular weight excluding hydrogens is 279 g/mol. The molecule has 3 aromatic rings. The van der Waals surface area contributed by atoms with Gasteiger partial charge in [0.15, 0.2) is 0 Å². The fourth-order valence-electron chi connectivity index (χ4n) is 2.35. The Hall–Kier alpha value is -2.77. The first kappa shape index (κ1) is 14.2. The lowest BCUT2D eigenvalue weighted by Crippen LogP contribution is -1.98. The second kappa shape index (κ2) is 6.33. The van der Waals surface area contributed by atoms with Crippen molar-refractivity contribution < 1.29 is 9.13 Å². The van der Waals surface area contributed by atoms with Gasteiger partial charge in [0.05, 0.1) is 24.8 Å². The molecule has 0 aliphatic rings. The van der Waals surface area contributed by atoms with Gasteiger partial charge in [0.2, 0.25) is 0 Å². The lowest BCUT2D eigenvalue weighted by atomic mass is 10.1. The molecule has 0 fully saturated rings. The molecule has 3 nitrogen and oxygen atoms in total. The minimum absolute atomic E-state index is 0.336. The minimum atomic E-state index is -0.339. The summed E-state index contributed by atoms with van der Waals surface area (Å²) in [4.78, 5) is 4.06. The lowest BCUT2D eigenvalue weighted by Gasteiger charge is -2.08. The fraction of sp³-hybridized carbons (Fsp3) is 0.111. The highest BCUT2D eigenvalue weighted by Crippen LogP contribution is 2.20. The summed E-state index contributed by atoms with van der Waals surface area (Å²) >= 11 is 0. The van der Waals surface area contributed by atoms with Crippen LogP contribution in [0.2, 0.25) is 0 Å². The van der Waals surface area contributed by atoms with E-state index >= 15 is 0 Å². The van der Waals surface area contributed by atoms with Crippen molar-refractivity contribution in [3.63, 3.8) is 0 Å². The molecule has 0 bridgehead atoms. The molecule has 0 N–H and O–H groups in total. The maximum absolute atomic E-state index is 13.7. The quantitative estimate of drug-likeness (QED) is 0.731. The molecule has 0 saturated carbocycles. The molecule has 2 aromatic carbocycles. The first-order valence-electron chi connectivity index (χ1n) is 6.87. The lowest BCUT2D eigenvalue weighted by molar-refractivity contribution is 0.108. The monoisotopic (exact) mass is 292 g/mol. The fourth-order valence-corrected chi connectivity index (χ4v) is 2.35. The van der Waals surface area contributed by atoms with Crippen molar-refractivity contribution in [1.29, 1.82) is 5.26 Å². The highest BCUT2D eigenvalue weighted by Gasteiger charge is 2.07. The average molecular weight is 292 g/mol. The summed E-state index contributed by atoms with van der Waals surface area (Å²) in [6.07, 6.45) is 1.58. The summed E-state index contributed by atoms with van der Waals surface area (Å²) in [6, 6.07) is 16.2. The zero-order chi connectivity index (χ0) is 15.4. The van der Waals surface area contributed by atoms with Gasteiger partial charge in [-0.2, -0.15) is 5.26 Å². The molecule has 0 radical (unpaired) electrons. The van der Waals surface area contributed by atoms with Crippen molar-refractivity contribution in [3.8, 4) is 6.07 Å². The number of fused-ring (bicyclic) bond motifs is 1. The van der Waals surface area contributed by atoms with Crippen LogP contribution >= 0.6 is 0 Å². The second-order valence-electron chi connectivity index (χ2n) is 4.87. The van der Waals surface area contributed by atoms with E-state index in [-0.39, 0.29) is 5.82 Å². The average Bonchev–Trinajstić information content (AvgIpc) is 2.56. The Balaban J connectivity index is 1.78. The van der Waals surface area contributed by atoms with Crippen LogP contribution in [0.1, 0.15) is 16.7 Å². The van der Waals surface area contributed by atoms with Gasteiger partial charge >= 0.3 is 0 Å². The number of rotatable bonds is 4. The van der Waals surface area contributed by atoms with Crippen molar-refractivity contribution in [2.24, 2.45) is 0 Å². The van der Waals surface area contributed by atoms with E-state index in [2.05, 4.69) is 11.1 Å². The van der Waals surface area contributed by atoms with Crippen LogP contribution in [0.5, 0.6) is 0 Å². The minimum Gasteiger partial charge on any atom is -0.372 e. The first-order valence-corrected chi connectivity index (χ1v) is 6.87. The van der Waals surface area contributed by atoms with Crippen molar-refractivity contribution >= 4 is 10.9 Å². The highest BCUT2D eigenvalue weighted by atomic mass is 19.1. The summed E-state index contributed by atoms with van der Waals surface area (Å²) < 4.78 is 19.4. The third-order valence-electron chi connectivity index (χ3n) is 3.47. The molecule has 0 spiro atoms. The largest absolute Gasteiger partial charge is 0.372 e. The van der Waals surface area contributed by atoms with Gasteiger partial charge in [0.1, 0.15) is 11.3 Å². The zero-order valence-electron chi connectivity index (χ0n) is 11.8. The predicted octanol–water partition coefficient (Wildman–Crippen LogP) is 3.96. The van der Waals surface area contributed by atoms with Gasteiger partial charge in [0.25, 0.3) is 0 Å². The highest BCUT2D eigenvalue weighted by molar-refractivity contribution is 5.82. The van der Waals surface area contributed by atoms with E-state index in [1.807, 2.05) is 30.3 Å². The topological polar surface area (TPSA) is 45.9 Å². The van der Waals surface area contributed by atoms with Crippen molar-refractivity contribution in [3.05, 3.63) is 77.2 Å². The molecule has 0 amide bonds. The number of hydrogen-bond acceptors (Lipinski definition) is 3. The molecule has 108 valence electrons. The van der Waals surface area contributed by atoms with Gasteiger partial charge in [-0.25, -0.2) is 4.39 Å². The van der Waals surface area contributed by atoms with Crippen molar-refractivity contribution in [2.75, 3.05) is 0 Å². The first-order chi connectivity index (χ1) is 10.8. The van der Waals surface area contributed by atoms with E-state index in [0.29, 0.717) is 24.3 Å². The normalized spacial score (nSPS) is 10.5. The van der Waals surface area contributed by atoms with Crippen LogP contribution in [-0.4, -0.2) is 4.98 Å². The van der Waals surface area contributed by atoms with Gasteiger partial charge in [-0.05, 0) is 29.3 Å². The summed E-state index contributed by atoms with van der Waals surface area (Å²) in [6.45, 7) is 0.672. The molecule has 4 heteroatoms. The predicted molar refractivity (Wildman–Crippen MR) is 81.4 cm³/mol.